The molecule has 0 fully saturated rings. The largest absolute Gasteiger partial charge is 0.479 e. The van der Waals surface area contributed by atoms with Gasteiger partial charge >= 0.3 is 5.97 Å². The molecule has 22 heavy (non-hydrogen) atoms. The Morgan fingerprint density at radius 3 is 2.64 bits per heavy atom. The minimum atomic E-state index is -1.53. The smallest absolute Gasteiger partial charge is 0.329 e. The second-order valence-electron chi connectivity index (χ2n) is 4.98. The molecular weight excluding hydrogens is 289 g/mol. The lowest BCUT2D eigenvalue weighted by atomic mass is 9.88. The highest BCUT2D eigenvalue weighted by Crippen LogP contribution is 2.20. The normalized spacial score (nSPS) is 13.4. The molecule has 2 rings (SSSR count). The molecule has 116 valence electrons. The molecule has 0 aliphatic rings. The summed E-state index contributed by atoms with van der Waals surface area (Å²) < 4.78 is 18.3. The molecule has 0 spiro atoms. The minimum Gasteiger partial charge on any atom is -0.479 e. The van der Waals surface area contributed by atoms with Gasteiger partial charge in [0, 0.05) is 6.42 Å². The molecule has 0 aliphatic heterocycles. The maximum absolute atomic E-state index is 13.3. The second-order valence-corrected chi connectivity index (χ2v) is 4.98. The lowest BCUT2D eigenvalue weighted by molar-refractivity contribution is -0.144. The molecule has 0 bridgehead atoms. The first-order chi connectivity index (χ1) is 10.5. The van der Waals surface area contributed by atoms with Gasteiger partial charge in [-0.3, -0.25) is 4.79 Å². The first kappa shape index (κ1) is 15.8. The van der Waals surface area contributed by atoms with Gasteiger partial charge in [-0.25, -0.2) is 9.18 Å². The van der Waals surface area contributed by atoms with Gasteiger partial charge in [0.15, 0.2) is 5.76 Å². The number of carbonyl (C=O) groups is 2. The van der Waals surface area contributed by atoms with Gasteiger partial charge in [0.1, 0.15) is 11.4 Å². The van der Waals surface area contributed by atoms with Crippen molar-refractivity contribution in [3.8, 4) is 0 Å². The zero-order valence-corrected chi connectivity index (χ0v) is 12.0. The van der Waals surface area contributed by atoms with Crippen LogP contribution in [0, 0.1) is 5.82 Å². The summed E-state index contributed by atoms with van der Waals surface area (Å²) in [4.78, 5) is 23.8. The second kappa shape index (κ2) is 6.43. The molecule has 1 unspecified atom stereocenters. The van der Waals surface area contributed by atoms with Crippen LogP contribution in [0.1, 0.15) is 29.5 Å². The fourth-order valence-corrected chi connectivity index (χ4v) is 2.22. The number of furan rings is 1. The summed E-state index contributed by atoms with van der Waals surface area (Å²) in [5, 5.41) is 12.1. The Bertz CT molecular complexity index is 669. The van der Waals surface area contributed by atoms with Gasteiger partial charge < -0.3 is 14.8 Å². The summed E-state index contributed by atoms with van der Waals surface area (Å²) >= 11 is 0. The topological polar surface area (TPSA) is 79.5 Å². The predicted molar refractivity (Wildman–Crippen MR) is 76.9 cm³/mol. The van der Waals surface area contributed by atoms with E-state index in [4.69, 9.17) is 4.42 Å². The zero-order chi connectivity index (χ0) is 16.2. The van der Waals surface area contributed by atoms with Crippen molar-refractivity contribution >= 4 is 11.9 Å². The summed E-state index contributed by atoms with van der Waals surface area (Å²) in [6.07, 6.45) is 1.45. The van der Waals surface area contributed by atoms with Crippen molar-refractivity contribution in [3.63, 3.8) is 0 Å². The van der Waals surface area contributed by atoms with Crippen LogP contribution in [0.15, 0.2) is 47.1 Å². The molecule has 1 atom stereocenters. The van der Waals surface area contributed by atoms with Crippen molar-refractivity contribution in [3.05, 3.63) is 59.8 Å². The Balaban J connectivity index is 2.27. The van der Waals surface area contributed by atoms with E-state index in [-0.39, 0.29) is 18.6 Å². The number of amides is 1. The van der Waals surface area contributed by atoms with Gasteiger partial charge in [0.2, 0.25) is 0 Å². The van der Waals surface area contributed by atoms with Crippen molar-refractivity contribution in [2.75, 3.05) is 0 Å². The molecule has 1 aromatic heterocycles. The van der Waals surface area contributed by atoms with Gasteiger partial charge in [-0.1, -0.05) is 19.1 Å². The fourth-order valence-electron chi connectivity index (χ4n) is 2.22. The highest BCUT2D eigenvalue weighted by atomic mass is 19.1. The van der Waals surface area contributed by atoms with E-state index in [9.17, 15) is 19.1 Å². The van der Waals surface area contributed by atoms with Crippen molar-refractivity contribution in [2.24, 2.45) is 0 Å². The minimum absolute atomic E-state index is 0.0248. The Hall–Kier alpha value is -2.63. The van der Waals surface area contributed by atoms with Crippen LogP contribution in [0.25, 0.3) is 0 Å². The standard InChI is InChI=1S/C16H16FNO4/c1-2-16(15(20)21,10-11-5-3-6-12(17)9-11)18-14(19)13-7-4-8-22-13/h3-9H,2,10H2,1H3,(H,18,19)(H,20,21). The van der Waals surface area contributed by atoms with Crippen LogP contribution in [0.3, 0.4) is 0 Å². The molecular formula is C16H16FNO4. The van der Waals surface area contributed by atoms with Gasteiger partial charge in [0.05, 0.1) is 6.26 Å². The van der Waals surface area contributed by atoms with Gasteiger partial charge in [-0.05, 0) is 36.2 Å². The van der Waals surface area contributed by atoms with Crippen molar-refractivity contribution in [2.45, 2.75) is 25.3 Å². The lowest BCUT2D eigenvalue weighted by Gasteiger charge is -2.29. The Labute approximate surface area is 126 Å². The summed E-state index contributed by atoms with van der Waals surface area (Å²) in [5.41, 5.74) is -1.04. The number of hydrogen-bond donors (Lipinski definition) is 2. The average molecular weight is 305 g/mol. The van der Waals surface area contributed by atoms with E-state index in [0.717, 1.165) is 0 Å². The molecule has 0 saturated carbocycles. The third kappa shape index (κ3) is 3.33. The zero-order valence-electron chi connectivity index (χ0n) is 12.0. The van der Waals surface area contributed by atoms with Gasteiger partial charge in [-0.2, -0.15) is 0 Å². The molecule has 0 saturated heterocycles. The molecule has 1 heterocycles. The SMILES string of the molecule is CCC(Cc1cccc(F)c1)(NC(=O)c1ccco1)C(=O)O. The molecule has 0 aliphatic carbocycles. The number of rotatable bonds is 6. The van der Waals surface area contributed by atoms with Crippen molar-refractivity contribution in [1.29, 1.82) is 0 Å². The quantitative estimate of drug-likeness (QED) is 0.860. The maximum Gasteiger partial charge on any atom is 0.329 e. The highest BCUT2D eigenvalue weighted by Gasteiger charge is 2.39. The van der Waals surface area contributed by atoms with Crippen molar-refractivity contribution in [1.82, 2.24) is 5.32 Å². The number of carboxylic acid groups (broad SMARTS) is 1. The van der Waals surface area contributed by atoms with E-state index in [0.29, 0.717) is 5.56 Å². The summed E-state index contributed by atoms with van der Waals surface area (Å²) in [6.45, 7) is 1.65. The van der Waals surface area contributed by atoms with Crippen LogP contribution in [-0.4, -0.2) is 22.5 Å². The maximum atomic E-state index is 13.3. The predicted octanol–water partition coefficient (Wildman–Crippen LogP) is 2.62. The third-order valence-electron chi connectivity index (χ3n) is 3.51. The summed E-state index contributed by atoms with van der Waals surface area (Å²) in [5.74, 6) is -2.23. The van der Waals surface area contributed by atoms with Gasteiger partial charge in [0.25, 0.3) is 5.91 Å². The Morgan fingerprint density at radius 1 is 1.32 bits per heavy atom. The first-order valence-corrected chi connectivity index (χ1v) is 6.81. The van der Waals surface area contributed by atoms with Crippen LogP contribution in [0.4, 0.5) is 4.39 Å². The summed E-state index contributed by atoms with van der Waals surface area (Å²) in [7, 11) is 0. The molecule has 0 radical (unpaired) electrons. The number of benzene rings is 1. The van der Waals surface area contributed by atoms with Crippen LogP contribution in [0.2, 0.25) is 0 Å². The van der Waals surface area contributed by atoms with E-state index >= 15 is 0 Å². The van der Waals surface area contributed by atoms with E-state index < -0.39 is 23.2 Å². The van der Waals surface area contributed by atoms with E-state index in [2.05, 4.69) is 5.32 Å². The van der Waals surface area contributed by atoms with Gasteiger partial charge in [-0.15, -0.1) is 0 Å². The number of halogens is 1. The number of hydrogen-bond acceptors (Lipinski definition) is 3. The van der Waals surface area contributed by atoms with E-state index in [1.165, 1.54) is 36.6 Å². The van der Waals surface area contributed by atoms with Crippen molar-refractivity contribution < 1.29 is 23.5 Å². The van der Waals surface area contributed by atoms with E-state index in [1.54, 1.807) is 13.0 Å². The summed E-state index contributed by atoms with van der Waals surface area (Å²) in [6, 6.07) is 8.64. The molecule has 2 aromatic rings. The fraction of sp³-hybridized carbons (Fsp3) is 0.250. The van der Waals surface area contributed by atoms with Crippen LogP contribution < -0.4 is 5.32 Å². The average Bonchev–Trinajstić information content (AvgIpc) is 3.00. The number of aliphatic carboxylic acids is 1. The number of carbonyl (C=O) groups excluding carboxylic acids is 1. The monoisotopic (exact) mass is 305 g/mol. The third-order valence-corrected chi connectivity index (χ3v) is 3.51. The molecule has 1 amide bonds. The molecule has 2 N–H and O–H groups in total. The Kier molecular flexibility index (Phi) is 4.60. The highest BCUT2D eigenvalue weighted by molar-refractivity contribution is 5.95. The van der Waals surface area contributed by atoms with E-state index in [1.807, 2.05) is 0 Å². The molecule has 1 aromatic carbocycles. The molecule has 6 heteroatoms. The van der Waals surface area contributed by atoms with Crippen LogP contribution >= 0.6 is 0 Å². The number of nitrogens with one attached hydrogen (secondary N) is 1. The Morgan fingerprint density at radius 2 is 2.09 bits per heavy atom. The number of carboxylic acids is 1. The first-order valence-electron chi connectivity index (χ1n) is 6.81. The lowest BCUT2D eigenvalue weighted by Crippen LogP contribution is -2.55. The van der Waals surface area contributed by atoms with Crippen LogP contribution in [0.5, 0.6) is 0 Å². The van der Waals surface area contributed by atoms with Crippen LogP contribution in [-0.2, 0) is 11.2 Å². The molecule has 5 nitrogen and oxygen atoms in total.